The van der Waals surface area contributed by atoms with Crippen LogP contribution in [-0.2, 0) is 4.74 Å². The van der Waals surface area contributed by atoms with Gasteiger partial charge in [0.1, 0.15) is 18.3 Å². The van der Waals surface area contributed by atoms with Crippen molar-refractivity contribution in [3.63, 3.8) is 0 Å². The van der Waals surface area contributed by atoms with Crippen LogP contribution in [0.4, 0.5) is 0 Å². The Bertz CT molecular complexity index is 225. The number of nitrogens with one attached hydrogen (secondary N) is 1. The average molecular weight is 219 g/mol. The molecule has 6 nitrogen and oxygen atoms in total. The van der Waals surface area contributed by atoms with E-state index in [9.17, 15) is 15.3 Å². The summed E-state index contributed by atoms with van der Waals surface area (Å²) in [6.45, 7) is 3.41. The third-order valence-corrected chi connectivity index (χ3v) is 2.37. The largest absolute Gasteiger partial charge is 0.394 e. The lowest BCUT2D eigenvalue weighted by molar-refractivity contribution is -0.226. The van der Waals surface area contributed by atoms with E-state index in [1.807, 2.05) is 0 Å². The first-order valence-electron chi connectivity index (χ1n) is 4.74. The molecule has 0 amide bonds. The molecule has 0 spiro atoms. The van der Waals surface area contributed by atoms with Gasteiger partial charge in [-0.2, -0.15) is 0 Å². The van der Waals surface area contributed by atoms with Crippen LogP contribution in [0.15, 0.2) is 12.7 Å². The summed E-state index contributed by atoms with van der Waals surface area (Å²) >= 11 is 0. The van der Waals surface area contributed by atoms with Crippen molar-refractivity contribution >= 4 is 0 Å². The lowest BCUT2D eigenvalue weighted by Crippen LogP contribution is -2.50. The quantitative estimate of drug-likeness (QED) is 0.260. The van der Waals surface area contributed by atoms with Crippen molar-refractivity contribution in [3.8, 4) is 0 Å². The molecule has 88 valence electrons. The van der Waals surface area contributed by atoms with Crippen LogP contribution in [0.1, 0.15) is 0 Å². The minimum absolute atomic E-state index is 0.0479. The number of hydrogen-bond donors (Lipinski definition) is 5. The van der Waals surface area contributed by atoms with Crippen LogP contribution >= 0.6 is 0 Å². The highest BCUT2D eigenvalue weighted by Gasteiger charge is 2.52. The fourth-order valence-corrected chi connectivity index (χ4v) is 1.52. The van der Waals surface area contributed by atoms with Crippen molar-refractivity contribution in [1.82, 2.24) is 5.32 Å². The summed E-state index contributed by atoms with van der Waals surface area (Å²) in [5.74, 6) is -1.87. The summed E-state index contributed by atoms with van der Waals surface area (Å²) in [4.78, 5) is 0. The maximum absolute atomic E-state index is 9.82. The molecule has 0 aromatic rings. The second-order valence-electron chi connectivity index (χ2n) is 3.54. The normalized spacial score (nSPS) is 40.7. The summed E-state index contributed by atoms with van der Waals surface area (Å²) in [6.07, 6.45) is -2.10. The lowest BCUT2D eigenvalue weighted by Gasteiger charge is -2.25. The zero-order chi connectivity index (χ0) is 11.5. The third-order valence-electron chi connectivity index (χ3n) is 2.37. The highest BCUT2D eigenvalue weighted by atomic mass is 16.7. The summed E-state index contributed by atoms with van der Waals surface area (Å²) < 4.78 is 4.98. The van der Waals surface area contributed by atoms with E-state index in [2.05, 4.69) is 11.9 Å². The molecule has 15 heavy (non-hydrogen) atoms. The van der Waals surface area contributed by atoms with Gasteiger partial charge in [0.25, 0.3) is 0 Å². The van der Waals surface area contributed by atoms with Crippen molar-refractivity contribution in [2.75, 3.05) is 19.7 Å². The van der Waals surface area contributed by atoms with Gasteiger partial charge in [0.05, 0.1) is 13.2 Å². The Morgan fingerprint density at radius 3 is 2.60 bits per heavy atom. The Kier molecular flexibility index (Phi) is 4.21. The Morgan fingerprint density at radius 1 is 1.47 bits per heavy atom. The van der Waals surface area contributed by atoms with Gasteiger partial charge in [-0.05, 0) is 0 Å². The molecular weight excluding hydrogens is 202 g/mol. The van der Waals surface area contributed by atoms with Gasteiger partial charge in [-0.25, -0.2) is 0 Å². The van der Waals surface area contributed by atoms with E-state index in [0.717, 1.165) is 0 Å². The first kappa shape index (κ1) is 12.6. The van der Waals surface area contributed by atoms with Crippen molar-refractivity contribution in [2.45, 2.75) is 24.1 Å². The number of ether oxygens (including phenoxy) is 1. The zero-order valence-electron chi connectivity index (χ0n) is 8.33. The zero-order valence-corrected chi connectivity index (χ0v) is 8.33. The molecule has 5 N–H and O–H groups in total. The smallest absolute Gasteiger partial charge is 0.208 e. The maximum Gasteiger partial charge on any atom is 0.208 e. The van der Waals surface area contributed by atoms with E-state index in [4.69, 9.17) is 9.84 Å². The first-order valence-corrected chi connectivity index (χ1v) is 4.74. The van der Waals surface area contributed by atoms with E-state index in [-0.39, 0.29) is 6.54 Å². The van der Waals surface area contributed by atoms with Gasteiger partial charge in [-0.15, -0.1) is 6.58 Å². The number of aliphatic hydroxyl groups excluding tert-OH is 3. The fourth-order valence-electron chi connectivity index (χ4n) is 1.52. The van der Waals surface area contributed by atoms with E-state index < -0.39 is 30.7 Å². The van der Waals surface area contributed by atoms with Crippen molar-refractivity contribution in [1.29, 1.82) is 0 Å². The molecule has 1 aliphatic rings. The molecule has 1 heterocycles. The van der Waals surface area contributed by atoms with Crippen LogP contribution in [-0.4, -0.2) is 64.2 Å². The van der Waals surface area contributed by atoms with Gasteiger partial charge in [0.15, 0.2) is 0 Å². The molecule has 0 saturated carbocycles. The second kappa shape index (κ2) is 5.02. The Balaban J connectivity index is 2.56. The number of aliphatic hydroxyl groups is 4. The van der Waals surface area contributed by atoms with Crippen LogP contribution in [0, 0.1) is 0 Å². The van der Waals surface area contributed by atoms with Gasteiger partial charge in [0.2, 0.25) is 5.79 Å². The molecule has 0 bridgehead atoms. The Labute approximate surface area is 87.8 Å². The van der Waals surface area contributed by atoms with E-state index in [1.165, 1.54) is 0 Å². The van der Waals surface area contributed by atoms with Crippen molar-refractivity contribution in [2.24, 2.45) is 0 Å². The Hall–Kier alpha value is -0.500. The van der Waals surface area contributed by atoms with Crippen LogP contribution in [0.3, 0.4) is 0 Å². The van der Waals surface area contributed by atoms with Crippen LogP contribution in [0.25, 0.3) is 0 Å². The fraction of sp³-hybridized carbons (Fsp3) is 0.778. The molecule has 0 aromatic carbocycles. The van der Waals surface area contributed by atoms with E-state index in [0.29, 0.717) is 6.54 Å². The average Bonchev–Trinajstić information content (AvgIpc) is 2.44. The van der Waals surface area contributed by atoms with Gasteiger partial charge < -0.3 is 30.5 Å². The van der Waals surface area contributed by atoms with Gasteiger partial charge in [0, 0.05) is 6.54 Å². The van der Waals surface area contributed by atoms with Crippen LogP contribution in [0.2, 0.25) is 0 Å². The molecule has 6 heteroatoms. The summed E-state index contributed by atoms with van der Waals surface area (Å²) in [6, 6.07) is 0. The molecule has 0 unspecified atom stereocenters. The molecule has 0 aliphatic carbocycles. The minimum Gasteiger partial charge on any atom is -0.394 e. The first-order chi connectivity index (χ1) is 7.05. The van der Waals surface area contributed by atoms with E-state index >= 15 is 0 Å². The maximum atomic E-state index is 9.82. The molecule has 0 aromatic heterocycles. The van der Waals surface area contributed by atoms with Gasteiger partial charge in [-0.1, -0.05) is 6.08 Å². The van der Waals surface area contributed by atoms with Crippen LogP contribution in [0.5, 0.6) is 0 Å². The number of hydrogen-bond acceptors (Lipinski definition) is 6. The highest BCUT2D eigenvalue weighted by Crippen LogP contribution is 2.28. The molecule has 1 aliphatic heterocycles. The van der Waals surface area contributed by atoms with Gasteiger partial charge >= 0.3 is 0 Å². The Morgan fingerprint density at radius 2 is 2.13 bits per heavy atom. The third kappa shape index (κ3) is 2.54. The summed E-state index contributed by atoms with van der Waals surface area (Å²) in [5, 5.41) is 40.3. The minimum atomic E-state index is -1.87. The predicted molar refractivity (Wildman–Crippen MR) is 52.0 cm³/mol. The molecular formula is C9H17NO5. The highest BCUT2D eigenvalue weighted by molar-refractivity contribution is 4.96. The van der Waals surface area contributed by atoms with E-state index in [1.54, 1.807) is 6.08 Å². The molecule has 1 rings (SSSR count). The molecule has 4 atom stereocenters. The molecule has 1 fully saturated rings. The van der Waals surface area contributed by atoms with Crippen molar-refractivity contribution < 1.29 is 25.2 Å². The SMILES string of the molecule is C=CCNC[C@@]1(O)O[C@H](CO)[C@@H](O)[C@@H]1O. The standard InChI is InChI=1S/C9H17NO5/c1-2-3-10-5-9(14)8(13)7(12)6(4-11)15-9/h2,6-8,10-14H,1,3-5H2/t6-,7-,8+,9-/m1/s1. The molecule has 1 saturated heterocycles. The monoisotopic (exact) mass is 219 g/mol. The summed E-state index contributed by atoms with van der Waals surface area (Å²) in [7, 11) is 0. The topological polar surface area (TPSA) is 102 Å². The summed E-state index contributed by atoms with van der Waals surface area (Å²) in [5.41, 5.74) is 0. The lowest BCUT2D eigenvalue weighted by atomic mass is 10.1. The van der Waals surface area contributed by atoms with Crippen LogP contribution < -0.4 is 5.32 Å². The number of rotatable bonds is 5. The van der Waals surface area contributed by atoms with Crippen molar-refractivity contribution in [3.05, 3.63) is 12.7 Å². The molecule has 0 radical (unpaired) electrons. The predicted octanol–water partition coefficient (Wildman–Crippen LogP) is -2.44. The second-order valence-corrected chi connectivity index (χ2v) is 3.54. The van der Waals surface area contributed by atoms with Gasteiger partial charge in [-0.3, -0.25) is 0 Å².